The summed E-state index contributed by atoms with van der Waals surface area (Å²) in [5.41, 5.74) is 6.01. The molecule has 0 amide bonds. The van der Waals surface area contributed by atoms with Crippen molar-refractivity contribution in [3.8, 4) is 0 Å². The highest BCUT2D eigenvalue weighted by Gasteiger charge is 2.25. The Hall–Kier alpha value is -0.530. The molecule has 2 heteroatoms. The number of aliphatic imine (C=N–C) groups is 1. The smallest absolute Gasteiger partial charge is 0.0968 e. The van der Waals surface area contributed by atoms with Gasteiger partial charge in [-0.05, 0) is 18.3 Å². The van der Waals surface area contributed by atoms with Crippen molar-refractivity contribution < 1.29 is 0 Å². The molecule has 0 radical (unpaired) electrons. The van der Waals surface area contributed by atoms with Crippen LogP contribution in [-0.4, -0.2) is 12.4 Å². The van der Waals surface area contributed by atoms with E-state index < -0.39 is 0 Å². The van der Waals surface area contributed by atoms with Gasteiger partial charge in [-0.1, -0.05) is 20.8 Å². The first kappa shape index (κ1) is 8.57. The van der Waals surface area contributed by atoms with Gasteiger partial charge in [0.2, 0.25) is 0 Å². The lowest BCUT2D eigenvalue weighted by Gasteiger charge is -2.14. The van der Waals surface area contributed by atoms with Crippen molar-refractivity contribution in [1.82, 2.24) is 0 Å². The van der Waals surface area contributed by atoms with Crippen LogP contribution in [0.4, 0.5) is 0 Å². The van der Waals surface area contributed by atoms with E-state index in [2.05, 4.69) is 25.8 Å². The zero-order valence-corrected chi connectivity index (χ0v) is 7.72. The van der Waals surface area contributed by atoms with Gasteiger partial charge in [0.15, 0.2) is 0 Å². The highest BCUT2D eigenvalue weighted by atomic mass is 14.9. The fourth-order valence-corrected chi connectivity index (χ4v) is 0.837. The third-order valence-electron chi connectivity index (χ3n) is 1.73. The van der Waals surface area contributed by atoms with Crippen LogP contribution in [0.3, 0.4) is 0 Å². The zero-order valence-electron chi connectivity index (χ0n) is 7.72. The Bertz CT molecular complexity index is 161. The van der Waals surface area contributed by atoms with E-state index >= 15 is 0 Å². The van der Waals surface area contributed by atoms with Crippen LogP contribution in [0.25, 0.3) is 0 Å². The molecule has 0 aromatic rings. The largest absolute Gasteiger partial charge is 0.387 e. The highest BCUT2D eigenvalue weighted by Crippen LogP contribution is 2.29. The standard InChI is InChI=1S/C9H18N2/c1-9(2,3)6-11-8(10)7-4-5-7/h7H,4-6H2,1-3H3,(H2,10,11). The Morgan fingerprint density at radius 1 is 1.45 bits per heavy atom. The highest BCUT2D eigenvalue weighted by molar-refractivity contribution is 5.84. The molecule has 0 aromatic carbocycles. The average Bonchev–Trinajstić information content (AvgIpc) is 2.61. The second-order valence-electron chi connectivity index (χ2n) is 4.58. The maximum atomic E-state index is 5.74. The number of nitrogens with two attached hydrogens (primary N) is 1. The minimum Gasteiger partial charge on any atom is -0.387 e. The first-order valence-corrected chi connectivity index (χ1v) is 4.29. The van der Waals surface area contributed by atoms with E-state index in [0.29, 0.717) is 5.92 Å². The average molecular weight is 154 g/mol. The summed E-state index contributed by atoms with van der Waals surface area (Å²) in [4.78, 5) is 4.35. The van der Waals surface area contributed by atoms with Crippen molar-refractivity contribution in [2.24, 2.45) is 22.1 Å². The molecule has 1 rings (SSSR count). The Morgan fingerprint density at radius 3 is 2.36 bits per heavy atom. The lowest BCUT2D eigenvalue weighted by atomic mass is 9.97. The van der Waals surface area contributed by atoms with Crippen molar-refractivity contribution in [1.29, 1.82) is 0 Å². The van der Waals surface area contributed by atoms with Gasteiger partial charge in [0.05, 0.1) is 5.84 Å². The molecule has 1 saturated carbocycles. The molecule has 1 fully saturated rings. The maximum absolute atomic E-state index is 5.74. The fraction of sp³-hybridized carbons (Fsp3) is 0.889. The van der Waals surface area contributed by atoms with E-state index in [1.54, 1.807) is 0 Å². The molecule has 1 aliphatic carbocycles. The van der Waals surface area contributed by atoms with Crippen LogP contribution in [0, 0.1) is 11.3 Å². The Kier molecular flexibility index (Phi) is 2.21. The first-order valence-electron chi connectivity index (χ1n) is 4.29. The minimum atomic E-state index is 0.277. The van der Waals surface area contributed by atoms with Gasteiger partial charge in [0.1, 0.15) is 0 Å². The van der Waals surface area contributed by atoms with E-state index in [1.807, 2.05) is 0 Å². The summed E-state index contributed by atoms with van der Waals surface area (Å²) in [5.74, 6) is 1.50. The zero-order chi connectivity index (χ0) is 8.48. The predicted molar refractivity (Wildman–Crippen MR) is 48.7 cm³/mol. The van der Waals surface area contributed by atoms with E-state index in [9.17, 15) is 0 Å². The summed E-state index contributed by atoms with van der Waals surface area (Å²) in [6.45, 7) is 7.39. The molecule has 0 bridgehead atoms. The van der Waals surface area contributed by atoms with Crippen molar-refractivity contribution in [3.63, 3.8) is 0 Å². The molecule has 2 N–H and O–H groups in total. The van der Waals surface area contributed by atoms with Gasteiger partial charge >= 0.3 is 0 Å². The van der Waals surface area contributed by atoms with Crippen LogP contribution in [-0.2, 0) is 0 Å². The van der Waals surface area contributed by atoms with Crippen molar-refractivity contribution in [2.45, 2.75) is 33.6 Å². The Labute approximate surface area is 68.9 Å². The summed E-state index contributed by atoms with van der Waals surface area (Å²) in [6.07, 6.45) is 2.50. The third-order valence-corrected chi connectivity index (χ3v) is 1.73. The van der Waals surface area contributed by atoms with Crippen LogP contribution in [0.5, 0.6) is 0 Å². The van der Waals surface area contributed by atoms with Crippen molar-refractivity contribution in [2.75, 3.05) is 6.54 Å². The molecule has 0 aromatic heterocycles. The molecule has 11 heavy (non-hydrogen) atoms. The van der Waals surface area contributed by atoms with Gasteiger partial charge in [-0.15, -0.1) is 0 Å². The number of nitrogens with zero attached hydrogens (tertiary/aromatic N) is 1. The molecule has 0 aliphatic heterocycles. The van der Waals surface area contributed by atoms with Gasteiger partial charge in [0, 0.05) is 12.5 Å². The van der Waals surface area contributed by atoms with Crippen LogP contribution in [0.2, 0.25) is 0 Å². The summed E-state index contributed by atoms with van der Waals surface area (Å²) in [6, 6.07) is 0. The van der Waals surface area contributed by atoms with Crippen molar-refractivity contribution in [3.05, 3.63) is 0 Å². The minimum absolute atomic E-state index is 0.277. The lowest BCUT2D eigenvalue weighted by molar-refractivity contribution is 0.429. The van der Waals surface area contributed by atoms with E-state index in [4.69, 9.17) is 5.73 Å². The molecule has 0 heterocycles. The van der Waals surface area contributed by atoms with Crippen LogP contribution in [0.1, 0.15) is 33.6 Å². The van der Waals surface area contributed by atoms with Crippen molar-refractivity contribution >= 4 is 5.84 Å². The molecule has 2 nitrogen and oxygen atoms in total. The summed E-state index contributed by atoms with van der Waals surface area (Å²) < 4.78 is 0. The third kappa shape index (κ3) is 3.40. The van der Waals surface area contributed by atoms with Gasteiger partial charge < -0.3 is 5.73 Å². The quantitative estimate of drug-likeness (QED) is 0.478. The van der Waals surface area contributed by atoms with Gasteiger partial charge in [-0.3, -0.25) is 4.99 Å². The molecule has 0 unspecified atom stereocenters. The SMILES string of the molecule is CC(C)(C)CN=C(N)C1CC1. The number of rotatable bonds is 2. The number of hydrogen-bond donors (Lipinski definition) is 1. The Morgan fingerprint density at radius 2 is 2.00 bits per heavy atom. The van der Waals surface area contributed by atoms with Crippen LogP contribution >= 0.6 is 0 Å². The predicted octanol–water partition coefficient (Wildman–Crippen LogP) is 1.80. The monoisotopic (exact) mass is 154 g/mol. The topological polar surface area (TPSA) is 38.4 Å². The number of amidine groups is 1. The molecule has 0 saturated heterocycles. The first-order chi connectivity index (χ1) is 4.99. The van der Waals surface area contributed by atoms with E-state index in [-0.39, 0.29) is 5.41 Å². The molecule has 0 spiro atoms. The molecule has 0 atom stereocenters. The summed E-state index contributed by atoms with van der Waals surface area (Å²) in [5, 5.41) is 0. The second-order valence-corrected chi connectivity index (χ2v) is 4.58. The lowest BCUT2D eigenvalue weighted by Crippen LogP contribution is -2.18. The summed E-state index contributed by atoms with van der Waals surface area (Å²) in [7, 11) is 0. The van der Waals surface area contributed by atoms with Crippen LogP contribution < -0.4 is 5.73 Å². The maximum Gasteiger partial charge on any atom is 0.0968 e. The Balaban J connectivity index is 2.33. The normalized spacial score (nSPS) is 20.5. The van der Waals surface area contributed by atoms with Gasteiger partial charge in [-0.25, -0.2) is 0 Å². The van der Waals surface area contributed by atoms with Crippen LogP contribution in [0.15, 0.2) is 4.99 Å². The molecular formula is C9H18N2. The van der Waals surface area contributed by atoms with E-state index in [1.165, 1.54) is 12.8 Å². The summed E-state index contributed by atoms with van der Waals surface area (Å²) >= 11 is 0. The second kappa shape index (κ2) is 2.84. The van der Waals surface area contributed by atoms with Gasteiger partial charge in [-0.2, -0.15) is 0 Å². The molecule has 1 aliphatic rings. The molecular weight excluding hydrogens is 136 g/mol. The number of hydrogen-bond acceptors (Lipinski definition) is 1. The fourth-order valence-electron chi connectivity index (χ4n) is 0.837. The van der Waals surface area contributed by atoms with E-state index in [0.717, 1.165) is 12.4 Å². The van der Waals surface area contributed by atoms with Gasteiger partial charge in [0.25, 0.3) is 0 Å². The molecule has 64 valence electrons.